The van der Waals surface area contributed by atoms with E-state index in [1.54, 1.807) is 0 Å². The predicted octanol–water partition coefficient (Wildman–Crippen LogP) is 11.9. The van der Waals surface area contributed by atoms with Gasteiger partial charge in [-0.15, -0.1) is 0 Å². The van der Waals surface area contributed by atoms with Gasteiger partial charge in [0.1, 0.15) is 0 Å². The lowest BCUT2D eigenvalue weighted by Crippen LogP contribution is -2.15. The van der Waals surface area contributed by atoms with Gasteiger partial charge in [-0.1, -0.05) is 153 Å². The molecule has 0 radical (unpaired) electrons. The molecule has 1 aliphatic rings. The van der Waals surface area contributed by atoms with Crippen LogP contribution in [0.15, 0.2) is 146 Å². The monoisotopic (exact) mass is 546 g/mol. The third-order valence-corrected chi connectivity index (χ3v) is 9.84. The quantitative estimate of drug-likeness (QED) is 0.189. The van der Waals surface area contributed by atoms with E-state index in [2.05, 4.69) is 159 Å². The zero-order valence-corrected chi connectivity index (χ0v) is 24.4. The Morgan fingerprint density at radius 3 is 1.56 bits per heavy atom. The Bertz CT molecular complexity index is 2360. The molecule has 8 aromatic rings. The van der Waals surface area contributed by atoms with Crippen molar-refractivity contribution in [2.24, 2.45) is 0 Å². The van der Waals surface area contributed by atoms with E-state index in [4.69, 9.17) is 0 Å². The molecule has 0 amide bonds. The van der Waals surface area contributed by atoms with Crippen LogP contribution in [0.4, 0.5) is 0 Å². The maximum absolute atomic E-state index is 2.48. The zero-order valence-electron chi connectivity index (χ0n) is 24.4. The van der Waals surface area contributed by atoms with Gasteiger partial charge in [0.05, 0.1) is 0 Å². The summed E-state index contributed by atoms with van der Waals surface area (Å²) in [6.45, 7) is 4.77. The second-order valence-electron chi connectivity index (χ2n) is 12.5. The van der Waals surface area contributed by atoms with Gasteiger partial charge < -0.3 is 0 Å². The van der Waals surface area contributed by atoms with Crippen LogP contribution >= 0.6 is 0 Å². The molecule has 0 spiro atoms. The van der Waals surface area contributed by atoms with Crippen LogP contribution in [0.2, 0.25) is 0 Å². The maximum Gasteiger partial charge on any atom is 0.0159 e. The minimum absolute atomic E-state index is 0.0841. The Morgan fingerprint density at radius 2 is 0.884 bits per heavy atom. The van der Waals surface area contributed by atoms with Gasteiger partial charge in [-0.25, -0.2) is 0 Å². The van der Waals surface area contributed by atoms with Crippen molar-refractivity contribution in [3.05, 3.63) is 157 Å². The van der Waals surface area contributed by atoms with E-state index in [9.17, 15) is 0 Å². The summed E-state index contributed by atoms with van der Waals surface area (Å²) in [5, 5.41) is 10.4. The third kappa shape index (κ3) is 3.38. The van der Waals surface area contributed by atoms with Crippen molar-refractivity contribution in [3.8, 4) is 33.4 Å². The third-order valence-electron chi connectivity index (χ3n) is 9.84. The highest BCUT2D eigenvalue weighted by molar-refractivity contribution is 6.23. The molecule has 0 bridgehead atoms. The lowest BCUT2D eigenvalue weighted by atomic mass is 9.80. The SMILES string of the molecule is CC1(C)c2cc(-c3c4ccccc4c(-c4cccc5ccccc45)c4ccccc34)ccc2-c2c1ccc1ccccc21. The van der Waals surface area contributed by atoms with Gasteiger partial charge in [0, 0.05) is 5.41 Å². The fourth-order valence-electron chi connectivity index (χ4n) is 7.84. The highest BCUT2D eigenvalue weighted by Crippen LogP contribution is 2.53. The lowest BCUT2D eigenvalue weighted by Gasteiger charge is -2.23. The standard InChI is InChI=1S/C43H30/c1-43(2)38-25-23-28-13-4-6-16-31(28)42(38)37-24-22-29(26-39(37)43)40-33-17-7-9-19-35(33)41(36-20-10-8-18-34(36)40)32-21-11-14-27-12-3-5-15-30(27)32/h3-26H,1-2H3. The number of benzene rings is 8. The number of fused-ring (bicyclic) bond motifs is 8. The van der Waals surface area contributed by atoms with E-state index < -0.39 is 0 Å². The summed E-state index contributed by atoms with van der Waals surface area (Å²) in [7, 11) is 0. The first-order valence-corrected chi connectivity index (χ1v) is 15.2. The second kappa shape index (κ2) is 8.90. The fraction of sp³-hybridized carbons (Fsp3) is 0.0698. The second-order valence-corrected chi connectivity index (χ2v) is 12.5. The molecule has 0 unspecified atom stereocenters. The Labute approximate surface area is 251 Å². The van der Waals surface area contributed by atoms with Crippen LogP contribution in [0.3, 0.4) is 0 Å². The Morgan fingerprint density at radius 1 is 0.349 bits per heavy atom. The normalized spacial score (nSPS) is 13.5. The molecule has 0 aromatic heterocycles. The average Bonchev–Trinajstić information content (AvgIpc) is 3.29. The first-order chi connectivity index (χ1) is 21.1. The highest BCUT2D eigenvalue weighted by atomic mass is 14.4. The first kappa shape index (κ1) is 24.4. The molecule has 9 rings (SSSR count). The summed E-state index contributed by atoms with van der Waals surface area (Å²) >= 11 is 0. The fourth-order valence-corrected chi connectivity index (χ4v) is 7.84. The largest absolute Gasteiger partial charge is 0.0616 e. The van der Waals surface area contributed by atoms with Gasteiger partial charge in [0.2, 0.25) is 0 Å². The average molecular weight is 547 g/mol. The van der Waals surface area contributed by atoms with Crippen molar-refractivity contribution < 1.29 is 0 Å². The van der Waals surface area contributed by atoms with Crippen LogP contribution in [-0.2, 0) is 5.41 Å². The van der Waals surface area contributed by atoms with Crippen LogP contribution in [0, 0.1) is 0 Å². The molecule has 0 saturated heterocycles. The molecule has 0 heterocycles. The smallest absolute Gasteiger partial charge is 0.0159 e. The molecule has 1 aliphatic carbocycles. The molecule has 0 nitrogen and oxygen atoms in total. The Hall–Kier alpha value is -5.20. The van der Waals surface area contributed by atoms with Gasteiger partial charge in [-0.05, 0) is 93.7 Å². The zero-order chi connectivity index (χ0) is 28.7. The Kier molecular flexibility index (Phi) is 5.05. The summed E-state index contributed by atoms with van der Waals surface area (Å²) in [5.74, 6) is 0. The van der Waals surface area contributed by atoms with Crippen molar-refractivity contribution in [2.75, 3.05) is 0 Å². The topological polar surface area (TPSA) is 0 Å². The molecule has 0 fully saturated rings. The van der Waals surface area contributed by atoms with Crippen molar-refractivity contribution in [1.29, 1.82) is 0 Å². The maximum atomic E-state index is 2.48. The van der Waals surface area contributed by atoms with Crippen molar-refractivity contribution in [1.82, 2.24) is 0 Å². The van der Waals surface area contributed by atoms with Gasteiger partial charge in [-0.3, -0.25) is 0 Å². The van der Waals surface area contributed by atoms with Crippen LogP contribution in [-0.4, -0.2) is 0 Å². The summed E-state index contributed by atoms with van der Waals surface area (Å²) < 4.78 is 0. The molecule has 202 valence electrons. The molecule has 8 aromatic carbocycles. The van der Waals surface area contributed by atoms with Gasteiger partial charge in [0.25, 0.3) is 0 Å². The molecule has 0 saturated carbocycles. The molecule has 0 heteroatoms. The van der Waals surface area contributed by atoms with Gasteiger partial charge >= 0.3 is 0 Å². The van der Waals surface area contributed by atoms with E-state index in [1.165, 1.54) is 87.6 Å². The molecule has 0 atom stereocenters. The van der Waals surface area contributed by atoms with Gasteiger partial charge in [0.15, 0.2) is 0 Å². The van der Waals surface area contributed by atoms with Crippen molar-refractivity contribution >= 4 is 43.1 Å². The van der Waals surface area contributed by atoms with E-state index >= 15 is 0 Å². The number of hydrogen-bond donors (Lipinski definition) is 0. The molecule has 0 N–H and O–H groups in total. The summed E-state index contributed by atoms with van der Waals surface area (Å²) in [4.78, 5) is 0. The lowest BCUT2D eigenvalue weighted by molar-refractivity contribution is 0.661. The van der Waals surface area contributed by atoms with E-state index in [1.807, 2.05) is 0 Å². The summed E-state index contributed by atoms with van der Waals surface area (Å²) in [6, 6.07) is 54.1. The highest BCUT2D eigenvalue weighted by Gasteiger charge is 2.36. The number of rotatable bonds is 2. The molecular weight excluding hydrogens is 516 g/mol. The van der Waals surface area contributed by atoms with Gasteiger partial charge in [-0.2, -0.15) is 0 Å². The Balaban J connectivity index is 1.36. The predicted molar refractivity (Wildman–Crippen MR) is 185 cm³/mol. The van der Waals surface area contributed by atoms with Crippen LogP contribution < -0.4 is 0 Å². The van der Waals surface area contributed by atoms with Crippen LogP contribution in [0.25, 0.3) is 76.5 Å². The summed E-state index contributed by atoms with van der Waals surface area (Å²) in [5.41, 5.74) is 10.7. The van der Waals surface area contributed by atoms with E-state index in [0.29, 0.717) is 0 Å². The minimum atomic E-state index is -0.0841. The van der Waals surface area contributed by atoms with E-state index in [0.717, 1.165) is 0 Å². The summed E-state index contributed by atoms with van der Waals surface area (Å²) in [6.07, 6.45) is 0. The van der Waals surface area contributed by atoms with E-state index in [-0.39, 0.29) is 5.41 Å². The molecule has 43 heavy (non-hydrogen) atoms. The number of hydrogen-bond acceptors (Lipinski definition) is 0. The van der Waals surface area contributed by atoms with Crippen molar-refractivity contribution in [2.45, 2.75) is 19.3 Å². The van der Waals surface area contributed by atoms with Crippen LogP contribution in [0.5, 0.6) is 0 Å². The first-order valence-electron chi connectivity index (χ1n) is 15.2. The van der Waals surface area contributed by atoms with Crippen molar-refractivity contribution in [3.63, 3.8) is 0 Å². The minimum Gasteiger partial charge on any atom is -0.0616 e. The van der Waals surface area contributed by atoms with Crippen LogP contribution in [0.1, 0.15) is 25.0 Å². The molecule has 0 aliphatic heterocycles. The molecular formula is C43H30.